The van der Waals surface area contributed by atoms with Gasteiger partial charge >= 0.3 is 0 Å². The highest BCUT2D eigenvalue weighted by Gasteiger charge is 2.21. The summed E-state index contributed by atoms with van der Waals surface area (Å²) in [5.74, 6) is 0.672. The predicted molar refractivity (Wildman–Crippen MR) is 104 cm³/mol. The summed E-state index contributed by atoms with van der Waals surface area (Å²) in [6, 6.07) is 24.8. The molecule has 0 amide bonds. The van der Waals surface area contributed by atoms with Crippen LogP contribution in [0.15, 0.2) is 77.2 Å². The summed E-state index contributed by atoms with van der Waals surface area (Å²) >= 11 is 0. The maximum atomic E-state index is 6.26. The van der Waals surface area contributed by atoms with Gasteiger partial charge in [0.05, 0.1) is 0 Å². The first-order valence-corrected chi connectivity index (χ1v) is 8.59. The lowest BCUT2D eigenvalue weighted by Crippen LogP contribution is -2.10. The van der Waals surface area contributed by atoms with Crippen LogP contribution in [0, 0.1) is 0 Å². The summed E-state index contributed by atoms with van der Waals surface area (Å²) in [6.07, 6.45) is 0. The van der Waals surface area contributed by atoms with Crippen LogP contribution in [0.2, 0.25) is 0 Å². The van der Waals surface area contributed by atoms with Gasteiger partial charge in [-0.3, -0.25) is 0 Å². The second-order valence-corrected chi connectivity index (χ2v) is 7.33. The van der Waals surface area contributed by atoms with Crippen LogP contribution in [0.3, 0.4) is 0 Å². The molecule has 0 bridgehead atoms. The van der Waals surface area contributed by atoms with Crippen LogP contribution in [0.1, 0.15) is 26.3 Å². The van der Waals surface area contributed by atoms with E-state index in [4.69, 9.17) is 9.40 Å². The molecule has 4 aromatic rings. The summed E-state index contributed by atoms with van der Waals surface area (Å²) in [7, 11) is 0. The lowest BCUT2D eigenvalue weighted by atomic mass is 9.86. The third-order valence-corrected chi connectivity index (χ3v) is 4.47. The monoisotopic (exact) mass is 327 g/mol. The van der Waals surface area contributed by atoms with Gasteiger partial charge < -0.3 is 4.42 Å². The number of benzene rings is 3. The van der Waals surface area contributed by atoms with Crippen molar-refractivity contribution in [1.29, 1.82) is 0 Å². The number of para-hydroxylation sites is 1. The van der Waals surface area contributed by atoms with Crippen LogP contribution in [0.25, 0.3) is 33.7 Å². The Kier molecular flexibility index (Phi) is 3.69. The zero-order chi connectivity index (χ0) is 17.4. The van der Waals surface area contributed by atoms with E-state index in [0.29, 0.717) is 5.89 Å². The Morgan fingerprint density at radius 2 is 1.40 bits per heavy atom. The molecule has 1 heterocycles. The quantitative estimate of drug-likeness (QED) is 0.422. The molecule has 0 aliphatic heterocycles. The number of fused-ring (bicyclic) bond motifs is 1. The van der Waals surface area contributed by atoms with E-state index in [9.17, 15) is 0 Å². The second kappa shape index (κ2) is 5.89. The van der Waals surface area contributed by atoms with Crippen LogP contribution in [0.5, 0.6) is 0 Å². The van der Waals surface area contributed by atoms with Gasteiger partial charge in [-0.2, -0.15) is 0 Å². The summed E-state index contributed by atoms with van der Waals surface area (Å²) in [4.78, 5) is 4.78. The first-order chi connectivity index (χ1) is 12.0. The molecule has 4 rings (SSSR count). The van der Waals surface area contributed by atoms with Crippen molar-refractivity contribution in [2.45, 2.75) is 26.2 Å². The smallest absolute Gasteiger partial charge is 0.227 e. The lowest BCUT2D eigenvalue weighted by Gasteiger charge is -2.18. The molecule has 0 N–H and O–H groups in total. The van der Waals surface area contributed by atoms with Gasteiger partial charge in [0.2, 0.25) is 5.89 Å². The third-order valence-electron chi connectivity index (χ3n) is 4.47. The molecular formula is C23H21NO. The molecule has 3 aromatic carbocycles. The molecular weight excluding hydrogens is 306 g/mol. The standard InChI is InChI=1S/C23H21NO/c1-23(2,3)19-14-9-15-20-21(19)25-22(24-20)18-13-8-7-12-17(18)16-10-5-4-6-11-16/h4-15H,1-3H3. The average molecular weight is 327 g/mol. The molecule has 0 atom stereocenters. The summed E-state index contributed by atoms with van der Waals surface area (Å²) in [6.45, 7) is 6.59. The van der Waals surface area contributed by atoms with Crippen LogP contribution in [0.4, 0.5) is 0 Å². The van der Waals surface area contributed by atoms with Crippen LogP contribution < -0.4 is 0 Å². The summed E-state index contributed by atoms with van der Waals surface area (Å²) < 4.78 is 6.26. The van der Waals surface area contributed by atoms with Crippen molar-refractivity contribution in [3.63, 3.8) is 0 Å². The highest BCUT2D eigenvalue weighted by Crippen LogP contribution is 2.36. The van der Waals surface area contributed by atoms with Gasteiger partial charge in [0.1, 0.15) is 5.52 Å². The van der Waals surface area contributed by atoms with Crippen LogP contribution in [-0.2, 0) is 5.41 Å². The fourth-order valence-electron chi connectivity index (χ4n) is 3.19. The molecule has 0 saturated carbocycles. The fraction of sp³-hybridized carbons (Fsp3) is 0.174. The number of rotatable bonds is 2. The molecule has 0 spiro atoms. The normalized spacial score (nSPS) is 11.8. The summed E-state index contributed by atoms with van der Waals surface area (Å²) in [5.41, 5.74) is 6.29. The molecule has 0 radical (unpaired) electrons. The SMILES string of the molecule is CC(C)(C)c1cccc2nc(-c3ccccc3-c3ccccc3)oc12. The molecule has 0 aliphatic rings. The predicted octanol–water partition coefficient (Wildman–Crippen LogP) is 6.46. The zero-order valence-corrected chi connectivity index (χ0v) is 14.8. The van der Waals surface area contributed by atoms with Crippen LogP contribution >= 0.6 is 0 Å². The molecule has 0 unspecified atom stereocenters. The molecule has 0 fully saturated rings. The Bertz CT molecular complexity index is 1020. The maximum Gasteiger partial charge on any atom is 0.227 e. The van der Waals surface area contributed by atoms with Crippen molar-refractivity contribution in [2.24, 2.45) is 0 Å². The first kappa shape index (κ1) is 15.6. The number of aromatic nitrogens is 1. The number of hydrogen-bond donors (Lipinski definition) is 0. The van der Waals surface area contributed by atoms with Gasteiger partial charge in [-0.25, -0.2) is 4.98 Å². The second-order valence-electron chi connectivity index (χ2n) is 7.33. The Balaban J connectivity index is 1.93. The van der Waals surface area contributed by atoms with Gasteiger partial charge in [-0.1, -0.05) is 81.4 Å². The highest BCUT2D eigenvalue weighted by atomic mass is 16.3. The summed E-state index contributed by atoms with van der Waals surface area (Å²) in [5, 5.41) is 0. The molecule has 25 heavy (non-hydrogen) atoms. The largest absolute Gasteiger partial charge is 0.436 e. The van der Waals surface area contributed by atoms with E-state index < -0.39 is 0 Å². The molecule has 2 nitrogen and oxygen atoms in total. The molecule has 2 heteroatoms. The van der Waals surface area contributed by atoms with Gasteiger partial charge in [-0.15, -0.1) is 0 Å². The first-order valence-electron chi connectivity index (χ1n) is 8.59. The van der Waals surface area contributed by atoms with Gasteiger partial charge in [0.15, 0.2) is 5.58 Å². The number of nitrogens with zero attached hydrogens (tertiary/aromatic N) is 1. The third kappa shape index (κ3) is 2.85. The minimum absolute atomic E-state index is 0.00919. The van der Waals surface area contributed by atoms with E-state index >= 15 is 0 Å². The molecule has 124 valence electrons. The maximum absolute atomic E-state index is 6.26. The topological polar surface area (TPSA) is 26.0 Å². The molecule has 1 aromatic heterocycles. The van der Waals surface area contributed by atoms with E-state index in [1.54, 1.807) is 0 Å². The zero-order valence-electron chi connectivity index (χ0n) is 14.8. The minimum atomic E-state index is 0.00919. The molecule has 0 aliphatic carbocycles. The Labute approximate surface area is 148 Å². The number of hydrogen-bond acceptors (Lipinski definition) is 2. The Morgan fingerprint density at radius 1 is 0.720 bits per heavy atom. The van der Waals surface area contributed by atoms with Gasteiger partial charge in [-0.05, 0) is 28.7 Å². The minimum Gasteiger partial charge on any atom is -0.436 e. The van der Waals surface area contributed by atoms with Crippen molar-refractivity contribution in [3.05, 3.63) is 78.4 Å². The highest BCUT2D eigenvalue weighted by molar-refractivity contribution is 5.85. The lowest BCUT2D eigenvalue weighted by molar-refractivity contribution is 0.561. The molecule has 0 saturated heterocycles. The van der Waals surface area contributed by atoms with Crippen molar-refractivity contribution < 1.29 is 4.42 Å². The number of oxazole rings is 1. The van der Waals surface area contributed by atoms with E-state index in [1.807, 2.05) is 18.2 Å². The van der Waals surface area contributed by atoms with E-state index in [1.165, 1.54) is 5.56 Å². The van der Waals surface area contributed by atoms with E-state index in [0.717, 1.165) is 27.8 Å². The van der Waals surface area contributed by atoms with E-state index in [2.05, 4.69) is 75.4 Å². The average Bonchev–Trinajstić information content (AvgIpc) is 3.05. The fourth-order valence-corrected chi connectivity index (χ4v) is 3.19. The van der Waals surface area contributed by atoms with Crippen molar-refractivity contribution in [3.8, 4) is 22.6 Å². The van der Waals surface area contributed by atoms with Crippen molar-refractivity contribution in [2.75, 3.05) is 0 Å². The van der Waals surface area contributed by atoms with Gasteiger partial charge in [0.25, 0.3) is 0 Å². The van der Waals surface area contributed by atoms with Crippen molar-refractivity contribution in [1.82, 2.24) is 4.98 Å². The van der Waals surface area contributed by atoms with E-state index in [-0.39, 0.29) is 5.41 Å². The Morgan fingerprint density at radius 3 is 2.12 bits per heavy atom. The van der Waals surface area contributed by atoms with Crippen LogP contribution in [-0.4, -0.2) is 4.98 Å². The van der Waals surface area contributed by atoms with Gasteiger partial charge in [0, 0.05) is 11.1 Å². The van der Waals surface area contributed by atoms with Crippen molar-refractivity contribution >= 4 is 11.1 Å². The Hall–Kier alpha value is -2.87.